The van der Waals surface area contributed by atoms with Crippen LogP contribution in [0.15, 0.2) is 42.5 Å². The molecule has 0 radical (unpaired) electrons. The largest absolute Gasteiger partial charge is 0.487 e. The molecule has 22 heavy (non-hydrogen) atoms. The van der Waals surface area contributed by atoms with E-state index < -0.39 is 0 Å². The van der Waals surface area contributed by atoms with Crippen molar-refractivity contribution in [2.24, 2.45) is 5.73 Å². The van der Waals surface area contributed by atoms with E-state index in [1.165, 1.54) is 0 Å². The van der Waals surface area contributed by atoms with Gasteiger partial charge in [0.05, 0.1) is 23.9 Å². The van der Waals surface area contributed by atoms with Gasteiger partial charge in [-0.2, -0.15) is 5.26 Å². The van der Waals surface area contributed by atoms with Gasteiger partial charge in [0.1, 0.15) is 11.9 Å². The third-order valence-corrected chi connectivity index (χ3v) is 3.84. The maximum atomic E-state index is 9.03. The SMILES string of the molecule is CC1CN(Cc2cccc(C#N)c2)c2ccc(CN)cc2O1. The lowest BCUT2D eigenvalue weighted by molar-refractivity contribution is 0.212. The summed E-state index contributed by atoms with van der Waals surface area (Å²) in [7, 11) is 0. The summed E-state index contributed by atoms with van der Waals surface area (Å²) in [6.07, 6.45) is 0.125. The summed E-state index contributed by atoms with van der Waals surface area (Å²) >= 11 is 0. The molecule has 2 aromatic rings. The Morgan fingerprint density at radius 3 is 2.91 bits per heavy atom. The Bertz CT molecular complexity index is 721. The van der Waals surface area contributed by atoms with Crippen molar-refractivity contribution in [3.63, 3.8) is 0 Å². The van der Waals surface area contributed by atoms with Crippen molar-refractivity contribution in [2.75, 3.05) is 11.4 Å². The maximum absolute atomic E-state index is 9.03. The third-order valence-electron chi connectivity index (χ3n) is 3.84. The highest BCUT2D eigenvalue weighted by Gasteiger charge is 2.23. The van der Waals surface area contributed by atoms with Gasteiger partial charge in [-0.25, -0.2) is 0 Å². The quantitative estimate of drug-likeness (QED) is 0.945. The average Bonchev–Trinajstić information content (AvgIpc) is 2.54. The summed E-state index contributed by atoms with van der Waals surface area (Å²) in [5.74, 6) is 0.887. The van der Waals surface area contributed by atoms with Crippen LogP contribution in [-0.4, -0.2) is 12.6 Å². The minimum Gasteiger partial charge on any atom is -0.487 e. The number of nitriles is 1. The van der Waals surface area contributed by atoms with E-state index >= 15 is 0 Å². The Kier molecular flexibility index (Phi) is 3.99. The molecule has 0 aliphatic carbocycles. The Labute approximate surface area is 130 Å². The van der Waals surface area contributed by atoms with E-state index in [1.54, 1.807) is 0 Å². The Morgan fingerprint density at radius 1 is 1.27 bits per heavy atom. The predicted molar refractivity (Wildman–Crippen MR) is 86.6 cm³/mol. The summed E-state index contributed by atoms with van der Waals surface area (Å²) in [6.45, 7) is 4.16. The van der Waals surface area contributed by atoms with Crippen LogP contribution in [0.1, 0.15) is 23.6 Å². The van der Waals surface area contributed by atoms with Crippen LogP contribution in [-0.2, 0) is 13.1 Å². The smallest absolute Gasteiger partial charge is 0.143 e. The number of nitrogens with two attached hydrogens (primary N) is 1. The molecule has 2 N–H and O–H groups in total. The predicted octanol–water partition coefficient (Wildman–Crippen LogP) is 2.80. The lowest BCUT2D eigenvalue weighted by atomic mass is 10.1. The lowest BCUT2D eigenvalue weighted by Crippen LogP contribution is -2.38. The molecule has 4 nitrogen and oxygen atoms in total. The molecule has 4 heteroatoms. The van der Waals surface area contributed by atoms with Crippen LogP contribution in [0, 0.1) is 11.3 Å². The monoisotopic (exact) mass is 293 g/mol. The molecule has 0 saturated carbocycles. The molecule has 1 atom stereocenters. The second-order valence-corrected chi connectivity index (χ2v) is 5.63. The first kappa shape index (κ1) is 14.4. The van der Waals surface area contributed by atoms with Gasteiger partial charge in [-0.15, -0.1) is 0 Å². The number of ether oxygens (including phenoxy) is 1. The van der Waals surface area contributed by atoms with Crippen LogP contribution in [0.3, 0.4) is 0 Å². The van der Waals surface area contributed by atoms with Crippen LogP contribution < -0.4 is 15.4 Å². The van der Waals surface area contributed by atoms with Crippen molar-refractivity contribution in [2.45, 2.75) is 26.1 Å². The Hall–Kier alpha value is -2.51. The number of hydrogen-bond acceptors (Lipinski definition) is 4. The van der Waals surface area contributed by atoms with E-state index in [0.717, 1.165) is 35.7 Å². The van der Waals surface area contributed by atoms with Gasteiger partial charge in [-0.1, -0.05) is 18.2 Å². The van der Waals surface area contributed by atoms with Gasteiger partial charge in [0.15, 0.2) is 0 Å². The molecule has 0 amide bonds. The van der Waals surface area contributed by atoms with Crippen molar-refractivity contribution in [3.8, 4) is 11.8 Å². The fourth-order valence-corrected chi connectivity index (χ4v) is 2.81. The summed E-state index contributed by atoms with van der Waals surface area (Å²) in [6, 6.07) is 16.1. The molecule has 1 unspecified atom stereocenters. The molecule has 0 fully saturated rings. The fourth-order valence-electron chi connectivity index (χ4n) is 2.81. The normalized spacial score (nSPS) is 16.6. The van der Waals surface area contributed by atoms with E-state index in [4.69, 9.17) is 15.7 Å². The topological polar surface area (TPSA) is 62.3 Å². The first-order valence-corrected chi connectivity index (χ1v) is 7.43. The van der Waals surface area contributed by atoms with Crippen molar-refractivity contribution >= 4 is 5.69 Å². The van der Waals surface area contributed by atoms with Crippen LogP contribution in [0.5, 0.6) is 5.75 Å². The number of hydrogen-bond donors (Lipinski definition) is 1. The molecule has 0 bridgehead atoms. The minimum atomic E-state index is 0.125. The first-order valence-electron chi connectivity index (χ1n) is 7.43. The zero-order valence-corrected chi connectivity index (χ0v) is 12.6. The number of fused-ring (bicyclic) bond motifs is 1. The molecule has 1 heterocycles. The van der Waals surface area contributed by atoms with Crippen molar-refractivity contribution in [3.05, 3.63) is 59.2 Å². The first-order chi connectivity index (χ1) is 10.7. The highest BCUT2D eigenvalue weighted by molar-refractivity contribution is 5.61. The Morgan fingerprint density at radius 2 is 2.14 bits per heavy atom. The molecule has 2 aromatic carbocycles. The van der Waals surface area contributed by atoms with Gasteiger partial charge in [0.25, 0.3) is 0 Å². The van der Waals surface area contributed by atoms with Crippen LogP contribution in [0.4, 0.5) is 5.69 Å². The van der Waals surface area contributed by atoms with E-state index in [9.17, 15) is 0 Å². The molecule has 1 aliphatic rings. The van der Waals surface area contributed by atoms with Crippen molar-refractivity contribution in [1.82, 2.24) is 0 Å². The number of rotatable bonds is 3. The van der Waals surface area contributed by atoms with E-state index in [1.807, 2.05) is 30.3 Å². The molecular formula is C18H19N3O. The molecule has 1 aliphatic heterocycles. The fraction of sp³-hybridized carbons (Fsp3) is 0.278. The standard InChI is InChI=1S/C18H19N3O/c1-13-11-21(12-16-4-2-3-14(7-16)9-19)17-6-5-15(10-20)8-18(17)22-13/h2-8,13H,10-12,20H2,1H3. The third kappa shape index (κ3) is 2.90. The maximum Gasteiger partial charge on any atom is 0.143 e. The summed E-state index contributed by atoms with van der Waals surface area (Å²) in [5, 5.41) is 9.03. The number of nitrogens with zero attached hydrogens (tertiary/aromatic N) is 2. The van der Waals surface area contributed by atoms with Gasteiger partial charge >= 0.3 is 0 Å². The van der Waals surface area contributed by atoms with E-state index in [0.29, 0.717) is 12.1 Å². The molecule has 0 aromatic heterocycles. The lowest BCUT2D eigenvalue weighted by Gasteiger charge is -2.35. The summed E-state index contributed by atoms with van der Waals surface area (Å²) in [4.78, 5) is 2.29. The summed E-state index contributed by atoms with van der Waals surface area (Å²) < 4.78 is 5.94. The second kappa shape index (κ2) is 6.08. The summed E-state index contributed by atoms with van der Waals surface area (Å²) in [5.41, 5.74) is 9.68. The molecule has 3 rings (SSSR count). The van der Waals surface area contributed by atoms with E-state index in [2.05, 4.69) is 30.0 Å². The van der Waals surface area contributed by atoms with Gasteiger partial charge < -0.3 is 15.4 Å². The molecule has 0 spiro atoms. The zero-order chi connectivity index (χ0) is 15.5. The highest BCUT2D eigenvalue weighted by atomic mass is 16.5. The molecule has 112 valence electrons. The van der Waals surface area contributed by atoms with Crippen molar-refractivity contribution < 1.29 is 4.74 Å². The van der Waals surface area contributed by atoms with Crippen molar-refractivity contribution in [1.29, 1.82) is 5.26 Å². The van der Waals surface area contributed by atoms with Gasteiger partial charge in [-0.3, -0.25) is 0 Å². The van der Waals surface area contributed by atoms with Gasteiger partial charge in [0, 0.05) is 13.1 Å². The second-order valence-electron chi connectivity index (χ2n) is 5.63. The number of anilines is 1. The van der Waals surface area contributed by atoms with Gasteiger partial charge in [-0.05, 0) is 42.3 Å². The van der Waals surface area contributed by atoms with Gasteiger partial charge in [0.2, 0.25) is 0 Å². The van der Waals surface area contributed by atoms with E-state index in [-0.39, 0.29) is 6.10 Å². The molecular weight excluding hydrogens is 274 g/mol. The number of benzene rings is 2. The highest BCUT2D eigenvalue weighted by Crippen LogP contribution is 2.35. The van der Waals surface area contributed by atoms with Crippen LogP contribution in [0.2, 0.25) is 0 Å². The Balaban J connectivity index is 1.90. The minimum absolute atomic E-state index is 0.125. The van der Waals surface area contributed by atoms with Crippen LogP contribution in [0.25, 0.3) is 0 Å². The average molecular weight is 293 g/mol. The zero-order valence-electron chi connectivity index (χ0n) is 12.6. The molecule has 0 saturated heterocycles. The van der Waals surface area contributed by atoms with Crippen LogP contribution >= 0.6 is 0 Å².